The smallest absolute Gasteiger partial charge is 0.290 e. The minimum Gasteiger partial charge on any atom is -0.487 e. The molecule has 5 rings (SSSR count). The number of rotatable bonds is 6. The number of hydrogen-bond acceptors (Lipinski definition) is 4. The lowest BCUT2D eigenvalue weighted by atomic mass is 10.1. The van der Waals surface area contributed by atoms with Gasteiger partial charge in [0.15, 0.2) is 0 Å². The first-order valence-electron chi connectivity index (χ1n) is 10.5. The molecule has 1 fully saturated rings. The molecule has 2 heterocycles. The summed E-state index contributed by atoms with van der Waals surface area (Å²) >= 11 is 13.2. The maximum absolute atomic E-state index is 12.1. The number of hydrogen-bond donors (Lipinski definition) is 1. The number of carbonyl (C=O) groups excluding carboxylic acids is 2. The van der Waals surface area contributed by atoms with E-state index in [1.54, 1.807) is 12.1 Å². The molecule has 1 aliphatic rings. The highest BCUT2D eigenvalue weighted by Crippen LogP contribution is 2.35. The van der Waals surface area contributed by atoms with E-state index in [2.05, 4.69) is 9.88 Å². The molecule has 1 aliphatic heterocycles. The van der Waals surface area contributed by atoms with Crippen molar-refractivity contribution in [2.45, 2.75) is 13.2 Å². The molecule has 5 nitrogen and oxygen atoms in total. The topological polar surface area (TPSA) is 60.3 Å². The zero-order valence-electron chi connectivity index (χ0n) is 17.8. The number of aromatic nitrogens is 1. The fourth-order valence-corrected chi connectivity index (χ4v) is 4.84. The Morgan fingerprint density at radius 3 is 2.50 bits per heavy atom. The summed E-state index contributed by atoms with van der Waals surface area (Å²) in [5.74, 6) is 0.322. The number of para-hydroxylation sites is 1. The number of amides is 2. The molecule has 4 aromatic rings. The van der Waals surface area contributed by atoms with E-state index in [1.165, 1.54) is 0 Å². The number of fused-ring (bicyclic) bond motifs is 1. The molecule has 0 atom stereocenters. The van der Waals surface area contributed by atoms with Gasteiger partial charge in [-0.05, 0) is 47.2 Å². The largest absolute Gasteiger partial charge is 0.487 e. The van der Waals surface area contributed by atoms with Crippen LogP contribution in [0.2, 0.25) is 10.0 Å². The predicted molar refractivity (Wildman–Crippen MR) is 137 cm³/mol. The molecule has 0 spiro atoms. The number of halogens is 2. The number of nitrogens with one attached hydrogen (secondary N) is 1. The van der Waals surface area contributed by atoms with Gasteiger partial charge in [0.25, 0.3) is 11.1 Å². The Hall–Kier alpha value is -3.19. The van der Waals surface area contributed by atoms with E-state index in [1.807, 2.05) is 66.9 Å². The number of ether oxygens (including phenoxy) is 1. The lowest BCUT2D eigenvalue weighted by molar-refractivity contribution is -0.115. The molecule has 0 saturated carbocycles. The Kier molecular flexibility index (Phi) is 6.37. The number of benzene rings is 3. The number of carbonyl (C=O) groups is 2. The molecule has 1 saturated heterocycles. The quantitative estimate of drug-likeness (QED) is 0.287. The Morgan fingerprint density at radius 2 is 1.76 bits per heavy atom. The monoisotopic (exact) mass is 508 g/mol. The van der Waals surface area contributed by atoms with E-state index in [0.717, 1.165) is 39.4 Å². The first kappa shape index (κ1) is 22.6. The first-order valence-corrected chi connectivity index (χ1v) is 12.0. The molecule has 2 amide bonds. The molecule has 3 aromatic carbocycles. The van der Waals surface area contributed by atoms with E-state index >= 15 is 0 Å². The first-order chi connectivity index (χ1) is 16.5. The van der Waals surface area contributed by atoms with Crippen LogP contribution in [0.25, 0.3) is 17.0 Å². The zero-order chi connectivity index (χ0) is 23.7. The summed E-state index contributed by atoms with van der Waals surface area (Å²) in [6.45, 7) is 0.932. The van der Waals surface area contributed by atoms with E-state index in [4.69, 9.17) is 27.9 Å². The fraction of sp³-hybridized carbons (Fsp3) is 0.0769. The number of imide groups is 1. The maximum Gasteiger partial charge on any atom is 0.290 e. The normalized spacial score (nSPS) is 14.7. The minimum absolute atomic E-state index is 0.356. The molecule has 8 heteroatoms. The predicted octanol–water partition coefficient (Wildman–Crippen LogP) is 6.90. The van der Waals surface area contributed by atoms with Crippen LogP contribution in [0.15, 0.2) is 77.8 Å². The molecule has 170 valence electrons. The van der Waals surface area contributed by atoms with Crippen LogP contribution in [0.3, 0.4) is 0 Å². The second-order valence-corrected chi connectivity index (χ2v) is 9.57. The van der Waals surface area contributed by atoms with Gasteiger partial charge in [-0.25, -0.2) is 0 Å². The van der Waals surface area contributed by atoms with Crippen molar-refractivity contribution in [3.63, 3.8) is 0 Å². The molecule has 0 radical (unpaired) electrons. The van der Waals surface area contributed by atoms with Crippen LogP contribution in [-0.4, -0.2) is 15.7 Å². The van der Waals surface area contributed by atoms with Crippen LogP contribution in [0, 0.1) is 0 Å². The van der Waals surface area contributed by atoms with Gasteiger partial charge in [0.05, 0.1) is 20.5 Å². The molecule has 0 bridgehead atoms. The van der Waals surface area contributed by atoms with Crippen LogP contribution in [-0.2, 0) is 17.9 Å². The summed E-state index contributed by atoms with van der Waals surface area (Å²) in [4.78, 5) is 24.1. The average molecular weight is 509 g/mol. The minimum atomic E-state index is -0.392. The van der Waals surface area contributed by atoms with Gasteiger partial charge in [-0.2, -0.15) is 0 Å². The van der Waals surface area contributed by atoms with Crippen molar-refractivity contribution in [1.82, 2.24) is 9.88 Å². The summed E-state index contributed by atoms with van der Waals surface area (Å²) in [6, 6.07) is 21.3. The van der Waals surface area contributed by atoms with Gasteiger partial charge < -0.3 is 9.30 Å². The van der Waals surface area contributed by atoms with Crippen LogP contribution in [0.1, 0.15) is 16.7 Å². The van der Waals surface area contributed by atoms with Crippen molar-refractivity contribution in [1.29, 1.82) is 0 Å². The van der Waals surface area contributed by atoms with Crippen molar-refractivity contribution in [3.05, 3.63) is 105 Å². The van der Waals surface area contributed by atoms with Crippen molar-refractivity contribution in [2.75, 3.05) is 0 Å². The second kappa shape index (κ2) is 9.58. The Balaban J connectivity index is 1.59. The maximum atomic E-state index is 12.1. The third kappa shape index (κ3) is 4.71. The van der Waals surface area contributed by atoms with Gasteiger partial charge in [-0.3, -0.25) is 14.9 Å². The fourth-order valence-electron chi connectivity index (χ4n) is 3.84. The molecular formula is C26H18Cl2N2O3S. The number of thioether (sulfide) groups is 1. The summed E-state index contributed by atoms with van der Waals surface area (Å²) in [7, 11) is 0. The average Bonchev–Trinajstić information content (AvgIpc) is 3.34. The summed E-state index contributed by atoms with van der Waals surface area (Å²) < 4.78 is 8.28. The van der Waals surface area contributed by atoms with Crippen LogP contribution in [0.5, 0.6) is 5.75 Å². The molecule has 0 unspecified atom stereocenters. The van der Waals surface area contributed by atoms with Gasteiger partial charge >= 0.3 is 0 Å². The van der Waals surface area contributed by atoms with E-state index in [0.29, 0.717) is 33.9 Å². The Bertz CT molecular complexity index is 1450. The van der Waals surface area contributed by atoms with Crippen molar-refractivity contribution in [3.8, 4) is 5.75 Å². The van der Waals surface area contributed by atoms with E-state index < -0.39 is 5.91 Å². The Morgan fingerprint density at radius 1 is 0.941 bits per heavy atom. The molecule has 1 N–H and O–H groups in total. The van der Waals surface area contributed by atoms with Crippen LogP contribution in [0.4, 0.5) is 4.79 Å². The molecule has 34 heavy (non-hydrogen) atoms. The van der Waals surface area contributed by atoms with Gasteiger partial charge in [-0.1, -0.05) is 71.7 Å². The zero-order valence-corrected chi connectivity index (χ0v) is 20.1. The van der Waals surface area contributed by atoms with Gasteiger partial charge in [-0.15, -0.1) is 0 Å². The summed E-state index contributed by atoms with van der Waals surface area (Å²) in [5.41, 5.74) is 3.71. The van der Waals surface area contributed by atoms with Crippen LogP contribution < -0.4 is 10.1 Å². The van der Waals surface area contributed by atoms with Crippen molar-refractivity contribution < 1.29 is 14.3 Å². The molecule has 1 aromatic heterocycles. The van der Waals surface area contributed by atoms with Crippen molar-refractivity contribution in [2.24, 2.45) is 0 Å². The van der Waals surface area contributed by atoms with Gasteiger partial charge in [0, 0.05) is 23.7 Å². The van der Waals surface area contributed by atoms with Gasteiger partial charge in [0.2, 0.25) is 0 Å². The summed E-state index contributed by atoms with van der Waals surface area (Å²) in [5, 5.41) is 3.81. The lowest BCUT2D eigenvalue weighted by Gasteiger charge is -2.12. The third-order valence-electron chi connectivity index (χ3n) is 5.39. The summed E-state index contributed by atoms with van der Waals surface area (Å²) in [6.07, 6.45) is 3.69. The third-order valence-corrected chi connectivity index (χ3v) is 6.94. The van der Waals surface area contributed by atoms with Crippen LogP contribution >= 0.6 is 35.0 Å². The van der Waals surface area contributed by atoms with E-state index in [-0.39, 0.29) is 5.24 Å². The van der Waals surface area contributed by atoms with E-state index in [9.17, 15) is 9.59 Å². The lowest BCUT2D eigenvalue weighted by Crippen LogP contribution is -2.17. The second-order valence-electron chi connectivity index (χ2n) is 7.74. The highest BCUT2D eigenvalue weighted by Gasteiger charge is 2.26. The standard InChI is InChI=1S/C26H18Cl2N2O3S/c27-20-10-9-17(11-21(20)28)13-30-14-18(12-23-25(31)29-26(32)34-23)19-7-4-8-22(24(19)30)33-15-16-5-2-1-3-6-16/h1-12,14H,13,15H2,(H,29,31,32)/b23-12-. The van der Waals surface area contributed by atoms with Gasteiger partial charge in [0.1, 0.15) is 12.4 Å². The van der Waals surface area contributed by atoms with Crippen molar-refractivity contribution >= 4 is 63.1 Å². The number of nitrogens with zero attached hydrogens (tertiary/aromatic N) is 1. The Labute approximate surface area is 210 Å². The molecule has 0 aliphatic carbocycles. The molecular weight excluding hydrogens is 491 g/mol. The SMILES string of the molecule is O=C1NC(=O)/C(=C/c2cn(Cc3ccc(Cl)c(Cl)c3)c3c(OCc4ccccc4)cccc23)S1. The highest BCUT2D eigenvalue weighted by molar-refractivity contribution is 8.18. The highest BCUT2D eigenvalue weighted by atomic mass is 35.5.